The number of carbonyl (C=O) groups excluding carboxylic acids is 1. The highest BCUT2D eigenvalue weighted by Crippen LogP contribution is 2.25. The van der Waals surface area contributed by atoms with Crippen LogP contribution < -0.4 is 0 Å². The summed E-state index contributed by atoms with van der Waals surface area (Å²) >= 11 is 1.44. The third kappa shape index (κ3) is 3.49. The molecule has 1 N–H and O–H groups in total. The van der Waals surface area contributed by atoms with Crippen LogP contribution in [0, 0.1) is 0 Å². The standard InChI is InChI=1S/C15H18N2O2S/c1-2-17(9-10-18)14(19)11-20-15-13-6-4-3-5-12(13)7-8-16-15/h3-8,18H,2,9-11H2,1H3. The van der Waals surface area contributed by atoms with Crippen molar-refractivity contribution >= 4 is 28.4 Å². The number of benzene rings is 1. The third-order valence-electron chi connectivity index (χ3n) is 3.07. The summed E-state index contributed by atoms with van der Waals surface area (Å²) in [6, 6.07) is 9.97. The van der Waals surface area contributed by atoms with Crippen LogP contribution in [-0.2, 0) is 4.79 Å². The number of hydrogen-bond donors (Lipinski definition) is 1. The zero-order valence-corrected chi connectivity index (χ0v) is 12.3. The number of aliphatic hydroxyl groups is 1. The van der Waals surface area contributed by atoms with Gasteiger partial charge in [0.1, 0.15) is 5.03 Å². The third-order valence-corrected chi connectivity index (χ3v) is 4.06. The minimum atomic E-state index is -0.00321. The van der Waals surface area contributed by atoms with Gasteiger partial charge in [-0.25, -0.2) is 4.98 Å². The molecule has 20 heavy (non-hydrogen) atoms. The molecule has 4 nitrogen and oxygen atoms in total. The van der Waals surface area contributed by atoms with Gasteiger partial charge in [0.05, 0.1) is 12.4 Å². The van der Waals surface area contributed by atoms with Crippen molar-refractivity contribution in [3.05, 3.63) is 36.5 Å². The van der Waals surface area contributed by atoms with E-state index >= 15 is 0 Å². The lowest BCUT2D eigenvalue weighted by molar-refractivity contribution is -0.128. The summed E-state index contributed by atoms with van der Waals surface area (Å²) in [6.07, 6.45) is 1.76. The highest BCUT2D eigenvalue weighted by atomic mass is 32.2. The minimum Gasteiger partial charge on any atom is -0.395 e. The van der Waals surface area contributed by atoms with Crippen LogP contribution in [0.25, 0.3) is 10.8 Å². The Balaban J connectivity index is 2.07. The molecular formula is C15H18N2O2S. The molecule has 0 atom stereocenters. The molecule has 0 aliphatic carbocycles. The van der Waals surface area contributed by atoms with Crippen LogP contribution in [0.3, 0.4) is 0 Å². The first kappa shape index (κ1) is 14.8. The van der Waals surface area contributed by atoms with Crippen molar-refractivity contribution in [2.45, 2.75) is 11.9 Å². The number of pyridine rings is 1. The van der Waals surface area contributed by atoms with E-state index < -0.39 is 0 Å². The van der Waals surface area contributed by atoms with Gasteiger partial charge in [-0.05, 0) is 18.4 Å². The monoisotopic (exact) mass is 290 g/mol. The molecule has 1 heterocycles. The predicted molar refractivity (Wildman–Crippen MR) is 81.8 cm³/mol. The van der Waals surface area contributed by atoms with Gasteiger partial charge in [-0.1, -0.05) is 36.0 Å². The quantitative estimate of drug-likeness (QED) is 0.828. The molecule has 0 aliphatic heterocycles. The molecule has 0 unspecified atom stereocenters. The summed E-state index contributed by atoms with van der Waals surface area (Å²) in [7, 11) is 0. The normalized spacial score (nSPS) is 10.7. The molecule has 0 fully saturated rings. The zero-order chi connectivity index (χ0) is 14.4. The maximum absolute atomic E-state index is 12.0. The lowest BCUT2D eigenvalue weighted by Crippen LogP contribution is -2.34. The number of likely N-dealkylation sites (N-methyl/N-ethyl adjacent to an activating group) is 1. The number of thioether (sulfide) groups is 1. The Hall–Kier alpha value is -1.59. The smallest absolute Gasteiger partial charge is 0.233 e. The highest BCUT2D eigenvalue weighted by molar-refractivity contribution is 8.00. The van der Waals surface area contributed by atoms with Gasteiger partial charge < -0.3 is 10.0 Å². The molecule has 0 saturated heterocycles. The maximum atomic E-state index is 12.0. The number of aromatic nitrogens is 1. The lowest BCUT2D eigenvalue weighted by atomic mass is 10.2. The molecule has 1 amide bonds. The lowest BCUT2D eigenvalue weighted by Gasteiger charge is -2.19. The molecule has 5 heteroatoms. The molecule has 106 valence electrons. The summed E-state index contributed by atoms with van der Waals surface area (Å²) in [5.74, 6) is 0.371. The number of hydrogen-bond acceptors (Lipinski definition) is 4. The van der Waals surface area contributed by atoms with E-state index in [1.807, 2.05) is 37.3 Å². The van der Waals surface area contributed by atoms with E-state index in [4.69, 9.17) is 5.11 Å². The molecule has 0 spiro atoms. The summed E-state index contributed by atoms with van der Waals surface area (Å²) in [4.78, 5) is 18.0. The molecule has 0 saturated carbocycles. The summed E-state index contributed by atoms with van der Waals surface area (Å²) in [5.41, 5.74) is 0. The number of nitrogens with zero attached hydrogens (tertiary/aromatic N) is 2. The maximum Gasteiger partial charge on any atom is 0.233 e. The average Bonchev–Trinajstić information content (AvgIpc) is 2.50. The molecule has 1 aromatic carbocycles. The van der Waals surface area contributed by atoms with Crippen LogP contribution in [-0.4, -0.2) is 46.3 Å². The van der Waals surface area contributed by atoms with Crippen LogP contribution in [0.15, 0.2) is 41.6 Å². The minimum absolute atomic E-state index is 0.00321. The van der Waals surface area contributed by atoms with Crippen LogP contribution in [0.1, 0.15) is 6.92 Å². The van der Waals surface area contributed by atoms with Crippen molar-refractivity contribution in [2.75, 3.05) is 25.4 Å². The molecule has 1 aromatic heterocycles. The van der Waals surface area contributed by atoms with Crippen molar-refractivity contribution in [1.82, 2.24) is 9.88 Å². The first-order valence-corrected chi connectivity index (χ1v) is 7.60. The molecular weight excluding hydrogens is 272 g/mol. The fraction of sp³-hybridized carbons (Fsp3) is 0.333. The van der Waals surface area contributed by atoms with Gasteiger partial charge in [0.2, 0.25) is 5.91 Å². The van der Waals surface area contributed by atoms with Crippen LogP contribution >= 0.6 is 11.8 Å². The van der Waals surface area contributed by atoms with Crippen molar-refractivity contribution < 1.29 is 9.90 Å². The topological polar surface area (TPSA) is 53.4 Å². The van der Waals surface area contributed by atoms with E-state index in [9.17, 15) is 4.79 Å². The van der Waals surface area contributed by atoms with Crippen LogP contribution in [0.4, 0.5) is 0 Å². The van der Waals surface area contributed by atoms with E-state index in [1.165, 1.54) is 11.8 Å². The Labute approximate surface area is 122 Å². The number of fused-ring (bicyclic) bond motifs is 1. The molecule has 2 aromatic rings. The first-order valence-electron chi connectivity index (χ1n) is 6.61. The number of aliphatic hydroxyl groups excluding tert-OH is 1. The molecule has 0 bridgehead atoms. The Morgan fingerprint density at radius 2 is 2.15 bits per heavy atom. The molecule has 0 aliphatic rings. The van der Waals surface area contributed by atoms with Crippen molar-refractivity contribution in [1.29, 1.82) is 0 Å². The Morgan fingerprint density at radius 1 is 1.35 bits per heavy atom. The Morgan fingerprint density at radius 3 is 2.90 bits per heavy atom. The van der Waals surface area contributed by atoms with Gasteiger partial charge in [-0.15, -0.1) is 0 Å². The van der Waals surface area contributed by atoms with E-state index in [0.717, 1.165) is 15.8 Å². The zero-order valence-electron chi connectivity index (χ0n) is 11.5. The van der Waals surface area contributed by atoms with Crippen LogP contribution in [0.2, 0.25) is 0 Å². The summed E-state index contributed by atoms with van der Waals surface area (Å²) in [5, 5.41) is 12.0. The fourth-order valence-electron chi connectivity index (χ4n) is 2.01. The van der Waals surface area contributed by atoms with Crippen molar-refractivity contribution in [3.63, 3.8) is 0 Å². The number of carbonyl (C=O) groups is 1. The van der Waals surface area contributed by atoms with E-state index in [2.05, 4.69) is 4.98 Å². The van der Waals surface area contributed by atoms with Crippen molar-refractivity contribution in [2.24, 2.45) is 0 Å². The van der Waals surface area contributed by atoms with Gasteiger partial charge >= 0.3 is 0 Å². The second-order valence-corrected chi connectivity index (χ2v) is 5.29. The van der Waals surface area contributed by atoms with Gasteiger partial charge in [0, 0.05) is 24.7 Å². The average molecular weight is 290 g/mol. The Kier molecular flexibility index (Phi) is 5.38. The predicted octanol–water partition coefficient (Wildman–Crippen LogP) is 2.17. The van der Waals surface area contributed by atoms with E-state index in [-0.39, 0.29) is 12.5 Å². The van der Waals surface area contributed by atoms with Gasteiger partial charge in [0.25, 0.3) is 0 Å². The first-order chi connectivity index (χ1) is 9.76. The highest BCUT2D eigenvalue weighted by Gasteiger charge is 2.12. The Bertz CT molecular complexity index is 584. The van der Waals surface area contributed by atoms with Gasteiger partial charge in [0.15, 0.2) is 0 Å². The second-order valence-electron chi connectivity index (χ2n) is 4.32. The fourth-order valence-corrected chi connectivity index (χ4v) is 2.93. The van der Waals surface area contributed by atoms with Crippen molar-refractivity contribution in [3.8, 4) is 0 Å². The van der Waals surface area contributed by atoms with E-state index in [1.54, 1.807) is 11.1 Å². The second kappa shape index (κ2) is 7.26. The van der Waals surface area contributed by atoms with Gasteiger partial charge in [-0.2, -0.15) is 0 Å². The van der Waals surface area contributed by atoms with Gasteiger partial charge in [-0.3, -0.25) is 4.79 Å². The van der Waals surface area contributed by atoms with E-state index in [0.29, 0.717) is 18.8 Å². The number of rotatable bonds is 6. The molecule has 0 radical (unpaired) electrons. The molecule has 2 rings (SSSR count). The SMILES string of the molecule is CCN(CCO)C(=O)CSc1nccc2ccccc12. The largest absolute Gasteiger partial charge is 0.395 e. The van der Waals surface area contributed by atoms with Crippen LogP contribution in [0.5, 0.6) is 0 Å². The summed E-state index contributed by atoms with van der Waals surface area (Å²) in [6.45, 7) is 2.91. The number of amides is 1. The summed E-state index contributed by atoms with van der Waals surface area (Å²) < 4.78 is 0.